The summed E-state index contributed by atoms with van der Waals surface area (Å²) in [5.41, 5.74) is 1.23. The Kier molecular flexibility index (Phi) is 6.97. The molecule has 0 N–H and O–H groups in total. The number of hydrogen-bond donors (Lipinski definition) is 0. The van der Waals surface area contributed by atoms with E-state index >= 15 is 0 Å². The van der Waals surface area contributed by atoms with E-state index in [1.54, 1.807) is 62.6 Å². The summed E-state index contributed by atoms with van der Waals surface area (Å²) >= 11 is 3.45. The summed E-state index contributed by atoms with van der Waals surface area (Å²) in [6.07, 6.45) is 0.619. The molecule has 0 aliphatic rings. The van der Waals surface area contributed by atoms with Gasteiger partial charge >= 0.3 is 5.97 Å². The standard InChI is InChI=1S/C28H22BrN3O6/c1-16(28(34)36-3)37-22-12-11-18(29)13-17(22)15-30-32-26(31-21-8-5-4-7-19(21)27(32)33)25-14-20-23(35-2)9-6-10-24(20)38-25/h4-16H,1-3H3/t16-/m0/s1. The van der Waals surface area contributed by atoms with Gasteiger partial charge in [-0.05, 0) is 55.5 Å². The van der Waals surface area contributed by atoms with Crippen LogP contribution in [0.15, 0.2) is 85.5 Å². The van der Waals surface area contributed by atoms with Crippen LogP contribution in [0.2, 0.25) is 0 Å². The monoisotopic (exact) mass is 575 g/mol. The number of carbonyl (C=O) groups excluding carboxylic acids is 1. The van der Waals surface area contributed by atoms with Gasteiger partial charge in [-0.15, -0.1) is 0 Å². The Balaban J connectivity index is 1.67. The molecule has 2 heterocycles. The highest BCUT2D eigenvalue weighted by Gasteiger charge is 2.19. The van der Waals surface area contributed by atoms with E-state index in [9.17, 15) is 9.59 Å². The summed E-state index contributed by atoms with van der Waals surface area (Å²) in [6, 6.07) is 19.5. The largest absolute Gasteiger partial charge is 0.496 e. The first-order valence-electron chi connectivity index (χ1n) is 11.6. The maximum Gasteiger partial charge on any atom is 0.346 e. The third-order valence-corrected chi connectivity index (χ3v) is 6.33. The molecule has 0 saturated carbocycles. The summed E-state index contributed by atoms with van der Waals surface area (Å²) in [4.78, 5) is 30.2. The number of rotatable bonds is 7. The molecule has 0 aliphatic carbocycles. The second-order valence-corrected chi connectivity index (χ2v) is 9.18. The molecule has 9 nitrogen and oxygen atoms in total. The molecule has 192 valence electrons. The van der Waals surface area contributed by atoms with Crippen molar-refractivity contribution in [2.24, 2.45) is 5.10 Å². The lowest BCUT2D eigenvalue weighted by Gasteiger charge is -2.14. The van der Waals surface area contributed by atoms with Gasteiger partial charge in [-0.2, -0.15) is 9.78 Å². The number of ether oxygens (including phenoxy) is 3. The van der Waals surface area contributed by atoms with Gasteiger partial charge in [0.15, 0.2) is 11.9 Å². The zero-order valence-electron chi connectivity index (χ0n) is 20.7. The fourth-order valence-corrected chi connectivity index (χ4v) is 4.34. The van der Waals surface area contributed by atoms with Gasteiger partial charge in [-0.25, -0.2) is 9.78 Å². The molecule has 10 heteroatoms. The van der Waals surface area contributed by atoms with Crippen molar-refractivity contribution >= 4 is 50.0 Å². The average Bonchev–Trinajstić information content (AvgIpc) is 3.37. The smallest absolute Gasteiger partial charge is 0.346 e. The fourth-order valence-electron chi connectivity index (χ4n) is 3.96. The third-order valence-electron chi connectivity index (χ3n) is 5.84. The molecule has 0 unspecified atom stereocenters. The third kappa shape index (κ3) is 4.78. The van der Waals surface area contributed by atoms with E-state index in [-0.39, 0.29) is 11.4 Å². The SMILES string of the molecule is COC(=O)[C@H](C)Oc1ccc(Br)cc1C=Nn1c(-c2cc3c(OC)cccc3o2)nc2ccccc2c1=O. The molecule has 5 aromatic rings. The van der Waals surface area contributed by atoms with E-state index in [4.69, 9.17) is 23.6 Å². The second-order valence-electron chi connectivity index (χ2n) is 8.26. The Hall–Kier alpha value is -4.44. The summed E-state index contributed by atoms with van der Waals surface area (Å²) in [6.45, 7) is 1.58. The van der Waals surface area contributed by atoms with Crippen LogP contribution in [0.3, 0.4) is 0 Å². The number of fused-ring (bicyclic) bond motifs is 2. The zero-order chi connectivity index (χ0) is 26.8. The Labute approximate surface area is 225 Å². The summed E-state index contributed by atoms with van der Waals surface area (Å²) in [5.74, 6) is 1.05. The topological polar surface area (TPSA) is 105 Å². The molecule has 3 aromatic carbocycles. The molecule has 0 radical (unpaired) electrons. The first-order valence-corrected chi connectivity index (χ1v) is 12.4. The number of furan rings is 1. The van der Waals surface area contributed by atoms with Gasteiger partial charge in [-0.1, -0.05) is 34.1 Å². The number of para-hydroxylation sites is 1. The fraction of sp³-hybridized carbons (Fsp3) is 0.143. The van der Waals surface area contributed by atoms with Gasteiger partial charge in [0.1, 0.15) is 17.1 Å². The minimum absolute atomic E-state index is 0.212. The normalized spacial score (nSPS) is 12.2. The molecule has 0 amide bonds. The Morgan fingerprint density at radius 2 is 1.87 bits per heavy atom. The maximum absolute atomic E-state index is 13.6. The van der Waals surface area contributed by atoms with Crippen molar-refractivity contribution in [2.75, 3.05) is 14.2 Å². The average molecular weight is 576 g/mol. The van der Waals surface area contributed by atoms with E-state index in [1.165, 1.54) is 18.0 Å². The Morgan fingerprint density at radius 1 is 1.05 bits per heavy atom. The molecule has 0 fully saturated rings. The van der Waals surface area contributed by atoms with Gasteiger partial charge in [0.25, 0.3) is 5.56 Å². The summed E-state index contributed by atoms with van der Waals surface area (Å²) < 4.78 is 24.0. The number of hydrogen-bond acceptors (Lipinski definition) is 8. The van der Waals surface area contributed by atoms with Gasteiger partial charge in [0.2, 0.25) is 5.82 Å². The lowest BCUT2D eigenvalue weighted by molar-refractivity contribution is -0.147. The second kappa shape index (κ2) is 10.5. The van der Waals surface area contributed by atoms with Gasteiger partial charge < -0.3 is 18.6 Å². The van der Waals surface area contributed by atoms with Gasteiger partial charge in [0.05, 0.1) is 36.7 Å². The van der Waals surface area contributed by atoms with Crippen LogP contribution < -0.4 is 15.0 Å². The first kappa shape index (κ1) is 25.2. The molecule has 0 spiro atoms. The number of nitrogens with zero attached hydrogens (tertiary/aromatic N) is 3. The summed E-state index contributed by atoms with van der Waals surface area (Å²) in [5, 5.41) is 5.63. The predicted molar refractivity (Wildman–Crippen MR) is 147 cm³/mol. The highest BCUT2D eigenvalue weighted by atomic mass is 79.9. The van der Waals surface area contributed by atoms with E-state index in [2.05, 4.69) is 21.0 Å². The van der Waals surface area contributed by atoms with Crippen molar-refractivity contribution in [3.8, 4) is 23.1 Å². The molecular formula is C28H22BrN3O6. The number of carbonyl (C=O) groups is 1. The van der Waals surface area contributed by atoms with Crippen LogP contribution in [-0.4, -0.2) is 42.2 Å². The van der Waals surface area contributed by atoms with Crippen molar-refractivity contribution < 1.29 is 23.4 Å². The molecule has 5 rings (SSSR count). The molecule has 1 atom stereocenters. The van der Waals surface area contributed by atoms with Crippen LogP contribution in [0.1, 0.15) is 12.5 Å². The lowest BCUT2D eigenvalue weighted by Crippen LogP contribution is -2.25. The molecular weight excluding hydrogens is 554 g/mol. The first-order chi connectivity index (χ1) is 18.4. The van der Waals surface area contributed by atoms with E-state index in [0.717, 1.165) is 9.86 Å². The van der Waals surface area contributed by atoms with Gasteiger partial charge in [-0.3, -0.25) is 4.79 Å². The number of benzene rings is 3. The van der Waals surface area contributed by atoms with Crippen molar-refractivity contribution in [1.82, 2.24) is 9.66 Å². The van der Waals surface area contributed by atoms with Crippen molar-refractivity contribution in [3.05, 3.63) is 87.1 Å². The van der Waals surface area contributed by atoms with E-state index < -0.39 is 12.1 Å². The zero-order valence-corrected chi connectivity index (χ0v) is 22.3. The number of halogens is 1. The van der Waals surface area contributed by atoms with Crippen LogP contribution in [0.4, 0.5) is 0 Å². The van der Waals surface area contributed by atoms with Crippen LogP contribution in [0.25, 0.3) is 33.5 Å². The van der Waals surface area contributed by atoms with Crippen molar-refractivity contribution in [3.63, 3.8) is 0 Å². The quantitative estimate of drug-likeness (QED) is 0.189. The number of esters is 1. The van der Waals surface area contributed by atoms with E-state index in [1.807, 2.05) is 18.2 Å². The minimum Gasteiger partial charge on any atom is -0.496 e. The van der Waals surface area contributed by atoms with Crippen LogP contribution >= 0.6 is 15.9 Å². The molecule has 38 heavy (non-hydrogen) atoms. The van der Waals surface area contributed by atoms with Crippen molar-refractivity contribution in [1.29, 1.82) is 0 Å². The maximum atomic E-state index is 13.6. The van der Waals surface area contributed by atoms with Crippen molar-refractivity contribution in [2.45, 2.75) is 13.0 Å². The predicted octanol–water partition coefficient (Wildman–Crippen LogP) is 5.40. The summed E-state index contributed by atoms with van der Waals surface area (Å²) in [7, 11) is 2.87. The van der Waals surface area contributed by atoms with Crippen LogP contribution in [-0.2, 0) is 9.53 Å². The highest BCUT2D eigenvalue weighted by Crippen LogP contribution is 2.33. The molecule has 0 aliphatic heterocycles. The lowest BCUT2D eigenvalue weighted by atomic mass is 10.2. The Bertz CT molecular complexity index is 1760. The molecule has 0 saturated heterocycles. The minimum atomic E-state index is -0.848. The highest BCUT2D eigenvalue weighted by molar-refractivity contribution is 9.10. The van der Waals surface area contributed by atoms with Crippen LogP contribution in [0.5, 0.6) is 11.5 Å². The molecule has 2 aromatic heterocycles. The van der Waals surface area contributed by atoms with Gasteiger partial charge in [0, 0.05) is 10.0 Å². The molecule has 0 bridgehead atoms. The van der Waals surface area contributed by atoms with E-state index in [0.29, 0.717) is 39.3 Å². The van der Waals surface area contributed by atoms with Crippen LogP contribution in [0, 0.1) is 0 Å². The Morgan fingerprint density at radius 3 is 2.66 bits per heavy atom. The number of methoxy groups -OCH3 is 2. The number of aromatic nitrogens is 2.